The Kier molecular flexibility index (Phi) is 5.05. The molecule has 98 valence electrons. The van der Waals surface area contributed by atoms with Gasteiger partial charge in [0.1, 0.15) is 5.69 Å². The second kappa shape index (κ2) is 5.90. The Morgan fingerprint density at radius 2 is 2.18 bits per heavy atom. The van der Waals surface area contributed by atoms with Gasteiger partial charge in [0.15, 0.2) is 9.84 Å². The fraction of sp³-hybridized carbons (Fsp3) is 0.667. The number of sulfone groups is 1. The van der Waals surface area contributed by atoms with Crippen molar-refractivity contribution in [2.45, 2.75) is 25.2 Å². The highest BCUT2D eigenvalue weighted by molar-refractivity contribution is 9.08. The second-order valence-electron chi connectivity index (χ2n) is 3.45. The zero-order valence-electron chi connectivity index (χ0n) is 9.24. The van der Waals surface area contributed by atoms with E-state index in [-0.39, 0.29) is 29.1 Å². The van der Waals surface area contributed by atoms with Gasteiger partial charge in [-0.05, 0) is 0 Å². The van der Waals surface area contributed by atoms with Gasteiger partial charge in [-0.15, -0.1) is 0 Å². The second-order valence-corrected chi connectivity index (χ2v) is 6.48. The first-order valence-corrected chi connectivity index (χ1v) is 7.94. The lowest BCUT2D eigenvalue weighted by atomic mass is 10.3. The van der Waals surface area contributed by atoms with Gasteiger partial charge in [0.05, 0.1) is 18.5 Å². The van der Waals surface area contributed by atoms with E-state index in [2.05, 4.69) is 21.0 Å². The normalized spacial score (nSPS) is 12.3. The summed E-state index contributed by atoms with van der Waals surface area (Å²) in [6, 6.07) is 0. The average Bonchev–Trinajstić information content (AvgIpc) is 2.69. The minimum Gasteiger partial charge on any atom is -0.262 e. The number of nitrogens with zero attached hydrogens (tertiary/aromatic N) is 2. The molecular formula is C9H13BrF2N2O2S. The molecule has 1 rings (SSSR count). The number of aryl methyl sites for hydroxylation is 1. The van der Waals surface area contributed by atoms with Crippen LogP contribution in [0.25, 0.3) is 0 Å². The molecule has 0 fully saturated rings. The quantitative estimate of drug-likeness (QED) is 0.751. The number of hydrogen-bond acceptors (Lipinski definition) is 3. The van der Waals surface area contributed by atoms with Crippen LogP contribution in [0, 0.1) is 0 Å². The van der Waals surface area contributed by atoms with Gasteiger partial charge in [-0.3, -0.25) is 4.68 Å². The smallest absolute Gasteiger partial charge is 0.262 e. The first-order valence-electron chi connectivity index (χ1n) is 5.00. The summed E-state index contributed by atoms with van der Waals surface area (Å²) >= 11 is 3.09. The zero-order chi connectivity index (χ0) is 13.1. The van der Waals surface area contributed by atoms with Gasteiger partial charge in [0.2, 0.25) is 0 Å². The van der Waals surface area contributed by atoms with Gasteiger partial charge in [-0.1, -0.05) is 22.9 Å². The maximum absolute atomic E-state index is 12.8. The van der Waals surface area contributed by atoms with Gasteiger partial charge in [-0.25, -0.2) is 17.2 Å². The Morgan fingerprint density at radius 1 is 1.53 bits per heavy atom. The van der Waals surface area contributed by atoms with Gasteiger partial charge in [0.25, 0.3) is 6.43 Å². The maximum Gasteiger partial charge on any atom is 0.280 e. The lowest BCUT2D eigenvalue weighted by Gasteiger charge is -2.08. The molecule has 0 aliphatic rings. The Labute approximate surface area is 107 Å². The third-order valence-corrected chi connectivity index (χ3v) is 4.65. The van der Waals surface area contributed by atoms with Crippen LogP contribution in [-0.4, -0.2) is 29.7 Å². The van der Waals surface area contributed by atoms with Crippen molar-refractivity contribution in [3.05, 3.63) is 17.5 Å². The maximum atomic E-state index is 12.8. The van der Waals surface area contributed by atoms with Crippen LogP contribution in [0.3, 0.4) is 0 Å². The largest absolute Gasteiger partial charge is 0.280 e. The van der Waals surface area contributed by atoms with Crippen LogP contribution in [0.15, 0.2) is 6.20 Å². The van der Waals surface area contributed by atoms with E-state index in [0.717, 1.165) is 4.68 Å². The lowest BCUT2D eigenvalue weighted by Crippen LogP contribution is -2.17. The summed E-state index contributed by atoms with van der Waals surface area (Å²) in [6.07, 6.45) is -1.33. The Balaban J connectivity index is 2.89. The molecule has 0 aliphatic carbocycles. The number of rotatable bonds is 6. The van der Waals surface area contributed by atoms with Crippen LogP contribution >= 0.6 is 15.9 Å². The van der Waals surface area contributed by atoms with E-state index in [1.807, 2.05) is 0 Å². The summed E-state index contributed by atoms with van der Waals surface area (Å²) in [5, 5.41) is 4.06. The van der Waals surface area contributed by atoms with Crippen molar-refractivity contribution in [3.63, 3.8) is 0 Å². The van der Waals surface area contributed by atoms with E-state index in [1.54, 1.807) is 0 Å². The van der Waals surface area contributed by atoms with Gasteiger partial charge in [-0.2, -0.15) is 5.10 Å². The molecule has 0 amide bonds. The van der Waals surface area contributed by atoms with Crippen LogP contribution in [0.4, 0.5) is 8.78 Å². The molecule has 0 radical (unpaired) electrons. The predicted molar refractivity (Wildman–Crippen MR) is 64.1 cm³/mol. The van der Waals surface area contributed by atoms with Gasteiger partial charge < -0.3 is 0 Å². The molecule has 0 spiro atoms. The van der Waals surface area contributed by atoms with Crippen LogP contribution in [-0.2, 0) is 21.7 Å². The van der Waals surface area contributed by atoms with Crippen LogP contribution in [0.5, 0.6) is 0 Å². The van der Waals surface area contributed by atoms with Crippen molar-refractivity contribution < 1.29 is 17.2 Å². The Bertz CT molecular complexity index is 473. The van der Waals surface area contributed by atoms with Crippen LogP contribution in [0.1, 0.15) is 24.6 Å². The molecule has 1 aromatic heterocycles. The van der Waals surface area contributed by atoms with Crippen molar-refractivity contribution >= 4 is 25.8 Å². The molecule has 0 atom stereocenters. The molecular weight excluding hydrogens is 318 g/mol. The summed E-state index contributed by atoms with van der Waals surface area (Å²) in [5.74, 6) is -0.170. The van der Waals surface area contributed by atoms with Crippen molar-refractivity contribution in [1.29, 1.82) is 0 Å². The summed E-state index contributed by atoms with van der Waals surface area (Å²) in [7, 11) is -3.18. The van der Waals surface area contributed by atoms with E-state index >= 15 is 0 Å². The molecule has 4 nitrogen and oxygen atoms in total. The Morgan fingerprint density at radius 3 is 2.65 bits per heavy atom. The third kappa shape index (κ3) is 3.74. The molecule has 17 heavy (non-hydrogen) atoms. The number of halogens is 3. The lowest BCUT2D eigenvalue weighted by molar-refractivity contribution is 0.138. The fourth-order valence-corrected chi connectivity index (χ4v) is 2.51. The summed E-state index contributed by atoms with van der Waals surface area (Å²) in [6.45, 7) is 1.49. The van der Waals surface area contributed by atoms with Crippen molar-refractivity contribution in [1.82, 2.24) is 9.78 Å². The summed E-state index contributed by atoms with van der Waals surface area (Å²) in [4.78, 5) is 0. The van der Waals surface area contributed by atoms with E-state index in [4.69, 9.17) is 0 Å². The SMILES string of the molecule is CCS(=O)(=O)CCn1ncc(CBr)c1C(F)F. The number of aromatic nitrogens is 2. The van der Waals surface area contributed by atoms with Gasteiger partial charge in [0, 0.05) is 16.6 Å². The zero-order valence-corrected chi connectivity index (χ0v) is 11.6. The molecule has 0 N–H and O–H groups in total. The van der Waals surface area contributed by atoms with Crippen molar-refractivity contribution in [3.8, 4) is 0 Å². The minimum atomic E-state index is -3.18. The molecule has 0 unspecified atom stereocenters. The topological polar surface area (TPSA) is 52.0 Å². The van der Waals surface area contributed by atoms with E-state index in [1.165, 1.54) is 13.1 Å². The van der Waals surface area contributed by atoms with E-state index in [0.29, 0.717) is 5.56 Å². The first-order chi connectivity index (χ1) is 7.91. The fourth-order valence-electron chi connectivity index (χ4n) is 1.34. The standard InChI is InChI=1S/C9H13BrF2N2O2S/c1-2-17(15,16)4-3-14-8(9(11)12)7(5-10)6-13-14/h6,9H,2-5H2,1H3. The molecule has 1 aromatic rings. The molecule has 0 saturated carbocycles. The minimum absolute atomic E-state index is 0.00355. The van der Waals surface area contributed by atoms with Crippen LogP contribution in [0.2, 0.25) is 0 Å². The average molecular weight is 331 g/mol. The first kappa shape index (κ1) is 14.6. The summed E-state index contributed by atoms with van der Waals surface area (Å²) < 4.78 is 49.2. The predicted octanol–water partition coefficient (Wildman–Crippen LogP) is 2.15. The molecule has 8 heteroatoms. The molecule has 0 saturated heterocycles. The van der Waals surface area contributed by atoms with Gasteiger partial charge >= 0.3 is 0 Å². The van der Waals surface area contributed by atoms with Crippen molar-refractivity contribution in [2.24, 2.45) is 0 Å². The molecule has 1 heterocycles. The number of alkyl halides is 3. The monoisotopic (exact) mass is 330 g/mol. The highest BCUT2D eigenvalue weighted by atomic mass is 79.9. The molecule has 0 bridgehead atoms. The van der Waals surface area contributed by atoms with Crippen molar-refractivity contribution in [2.75, 3.05) is 11.5 Å². The third-order valence-electron chi connectivity index (χ3n) is 2.36. The Hall–Kier alpha value is -0.500. The van der Waals surface area contributed by atoms with Crippen LogP contribution < -0.4 is 0 Å². The highest BCUT2D eigenvalue weighted by Crippen LogP contribution is 2.24. The number of hydrogen-bond donors (Lipinski definition) is 0. The summed E-state index contributed by atoms with van der Waals surface area (Å²) in [5.41, 5.74) is 0.169. The molecule has 0 aliphatic heterocycles. The van der Waals surface area contributed by atoms with E-state index in [9.17, 15) is 17.2 Å². The highest BCUT2D eigenvalue weighted by Gasteiger charge is 2.20. The van der Waals surface area contributed by atoms with E-state index < -0.39 is 16.3 Å². The molecule has 0 aromatic carbocycles.